The molecule has 1 aliphatic rings. The molecule has 1 aromatic heterocycles. The van der Waals surface area contributed by atoms with Crippen molar-refractivity contribution in [2.45, 2.75) is 12.8 Å². The molecule has 1 saturated heterocycles. The van der Waals surface area contributed by atoms with E-state index in [4.69, 9.17) is 16.3 Å². The molecular weight excluding hydrogens is 425 g/mol. The largest absolute Gasteiger partial charge is 0.379 e. The van der Waals surface area contributed by atoms with Crippen LogP contribution in [-0.4, -0.2) is 55.2 Å². The highest BCUT2D eigenvalue weighted by molar-refractivity contribution is 7.22. The number of carbonyl (C=O) groups is 1. The molecule has 0 aliphatic carbocycles. The van der Waals surface area contributed by atoms with Crippen molar-refractivity contribution in [1.82, 2.24) is 9.88 Å². The number of thiazole rings is 1. The zero-order chi connectivity index (χ0) is 20.9. The Balaban J connectivity index is 1.52. The van der Waals surface area contributed by atoms with Crippen LogP contribution >= 0.6 is 22.9 Å². The van der Waals surface area contributed by atoms with Crippen molar-refractivity contribution in [3.63, 3.8) is 0 Å². The summed E-state index contributed by atoms with van der Waals surface area (Å²) in [5.74, 6) is -0.367. The molecular formula is C22H23ClFN3O2S. The number of para-hydroxylation sites is 1. The summed E-state index contributed by atoms with van der Waals surface area (Å²) in [5.41, 5.74) is 1.49. The number of rotatable bonds is 7. The summed E-state index contributed by atoms with van der Waals surface area (Å²) in [7, 11) is 0. The van der Waals surface area contributed by atoms with Gasteiger partial charge < -0.3 is 4.74 Å². The lowest BCUT2D eigenvalue weighted by molar-refractivity contribution is -0.118. The van der Waals surface area contributed by atoms with E-state index < -0.39 is 0 Å². The van der Waals surface area contributed by atoms with Gasteiger partial charge in [-0.05, 0) is 36.2 Å². The quantitative estimate of drug-likeness (QED) is 0.539. The highest BCUT2D eigenvalue weighted by atomic mass is 35.5. The second kappa shape index (κ2) is 9.83. The zero-order valence-corrected chi connectivity index (χ0v) is 18.1. The number of carbonyl (C=O) groups excluding carboxylic acids is 1. The molecule has 0 saturated carbocycles. The third-order valence-electron chi connectivity index (χ3n) is 5.12. The molecule has 0 spiro atoms. The maximum atomic E-state index is 13.2. The number of nitrogens with zero attached hydrogens (tertiary/aromatic N) is 3. The molecule has 30 heavy (non-hydrogen) atoms. The fraction of sp³-hybridized carbons (Fsp3) is 0.364. The molecule has 1 aliphatic heterocycles. The van der Waals surface area contributed by atoms with E-state index in [-0.39, 0.29) is 18.1 Å². The molecule has 0 radical (unpaired) electrons. The molecule has 1 fully saturated rings. The summed E-state index contributed by atoms with van der Waals surface area (Å²) in [5, 5.41) is 1.22. The second-order valence-corrected chi connectivity index (χ2v) is 8.66. The first-order chi connectivity index (χ1) is 14.6. The van der Waals surface area contributed by atoms with E-state index in [0.717, 1.165) is 49.5 Å². The molecule has 2 heterocycles. The lowest BCUT2D eigenvalue weighted by Gasteiger charge is -2.27. The van der Waals surface area contributed by atoms with Gasteiger partial charge in [-0.25, -0.2) is 9.37 Å². The van der Waals surface area contributed by atoms with E-state index in [1.54, 1.807) is 23.1 Å². The van der Waals surface area contributed by atoms with Gasteiger partial charge in [-0.1, -0.05) is 41.1 Å². The standard InChI is InChI=1S/C22H23ClFN3O2S/c23-18-3-1-4-19-21(18)25-22(30-19)27(10-2-9-26-11-13-29-14-12-26)20(28)15-16-5-7-17(24)8-6-16/h1,3-8H,2,9-15H2. The van der Waals surface area contributed by atoms with Gasteiger partial charge in [-0.2, -0.15) is 0 Å². The Morgan fingerprint density at radius 2 is 1.97 bits per heavy atom. The van der Waals surface area contributed by atoms with Gasteiger partial charge in [-0.3, -0.25) is 14.6 Å². The van der Waals surface area contributed by atoms with Crippen LogP contribution in [0.4, 0.5) is 9.52 Å². The molecule has 0 unspecified atom stereocenters. The highest BCUT2D eigenvalue weighted by Gasteiger charge is 2.21. The van der Waals surface area contributed by atoms with E-state index in [1.165, 1.54) is 23.5 Å². The Morgan fingerprint density at radius 1 is 1.20 bits per heavy atom. The summed E-state index contributed by atoms with van der Waals surface area (Å²) in [6.07, 6.45) is 1.03. The van der Waals surface area contributed by atoms with Crippen LogP contribution in [0.2, 0.25) is 5.02 Å². The minimum absolute atomic E-state index is 0.0567. The Morgan fingerprint density at radius 3 is 2.70 bits per heavy atom. The van der Waals surface area contributed by atoms with Gasteiger partial charge in [0, 0.05) is 26.2 Å². The van der Waals surface area contributed by atoms with Crippen LogP contribution in [-0.2, 0) is 16.0 Å². The van der Waals surface area contributed by atoms with Crippen molar-refractivity contribution in [3.05, 3.63) is 58.9 Å². The Hall–Kier alpha value is -2.06. The molecule has 1 amide bonds. The van der Waals surface area contributed by atoms with Gasteiger partial charge in [0.15, 0.2) is 5.13 Å². The lowest BCUT2D eigenvalue weighted by atomic mass is 10.1. The third-order valence-corrected chi connectivity index (χ3v) is 6.47. The van der Waals surface area contributed by atoms with Crippen molar-refractivity contribution in [2.24, 2.45) is 0 Å². The van der Waals surface area contributed by atoms with Gasteiger partial charge in [0.25, 0.3) is 0 Å². The first-order valence-electron chi connectivity index (χ1n) is 10.00. The van der Waals surface area contributed by atoms with E-state index in [2.05, 4.69) is 9.88 Å². The fourth-order valence-electron chi connectivity index (χ4n) is 3.50. The molecule has 2 aromatic carbocycles. The van der Waals surface area contributed by atoms with Crippen LogP contribution in [0.1, 0.15) is 12.0 Å². The van der Waals surface area contributed by atoms with Crippen LogP contribution in [0.15, 0.2) is 42.5 Å². The molecule has 4 rings (SSSR count). The topological polar surface area (TPSA) is 45.7 Å². The third kappa shape index (κ3) is 5.16. The zero-order valence-electron chi connectivity index (χ0n) is 16.5. The van der Waals surface area contributed by atoms with Crippen LogP contribution < -0.4 is 4.90 Å². The van der Waals surface area contributed by atoms with Crippen LogP contribution in [0.5, 0.6) is 0 Å². The van der Waals surface area contributed by atoms with Crippen LogP contribution in [0, 0.1) is 5.82 Å². The second-order valence-electron chi connectivity index (χ2n) is 7.24. The summed E-state index contributed by atoms with van der Waals surface area (Å²) in [6.45, 7) is 4.80. The Kier molecular flexibility index (Phi) is 6.94. The number of hydrogen-bond acceptors (Lipinski definition) is 5. The smallest absolute Gasteiger partial charge is 0.233 e. The normalized spacial score (nSPS) is 14.9. The number of anilines is 1. The summed E-state index contributed by atoms with van der Waals surface area (Å²) >= 11 is 7.75. The summed E-state index contributed by atoms with van der Waals surface area (Å²) in [6, 6.07) is 11.7. The van der Waals surface area contributed by atoms with Crippen LogP contribution in [0.3, 0.4) is 0 Å². The number of aromatic nitrogens is 1. The molecule has 0 atom stereocenters. The van der Waals surface area contributed by atoms with E-state index in [1.807, 2.05) is 12.1 Å². The lowest BCUT2D eigenvalue weighted by Crippen LogP contribution is -2.39. The summed E-state index contributed by atoms with van der Waals surface area (Å²) < 4.78 is 19.6. The van der Waals surface area contributed by atoms with Gasteiger partial charge in [-0.15, -0.1) is 0 Å². The predicted octanol–water partition coefficient (Wildman–Crippen LogP) is 4.39. The summed E-state index contributed by atoms with van der Waals surface area (Å²) in [4.78, 5) is 21.9. The van der Waals surface area contributed by atoms with E-state index in [9.17, 15) is 9.18 Å². The maximum Gasteiger partial charge on any atom is 0.233 e. The highest BCUT2D eigenvalue weighted by Crippen LogP contribution is 2.33. The molecule has 5 nitrogen and oxygen atoms in total. The molecule has 3 aromatic rings. The fourth-order valence-corrected chi connectivity index (χ4v) is 4.80. The number of hydrogen-bond donors (Lipinski definition) is 0. The van der Waals surface area contributed by atoms with Gasteiger partial charge in [0.05, 0.1) is 29.4 Å². The monoisotopic (exact) mass is 447 g/mol. The number of benzene rings is 2. The predicted molar refractivity (Wildman–Crippen MR) is 119 cm³/mol. The van der Waals surface area contributed by atoms with Gasteiger partial charge in [0.1, 0.15) is 11.3 Å². The van der Waals surface area contributed by atoms with Crippen molar-refractivity contribution < 1.29 is 13.9 Å². The number of amides is 1. The Bertz CT molecular complexity index is 1010. The number of fused-ring (bicyclic) bond motifs is 1. The molecule has 0 bridgehead atoms. The SMILES string of the molecule is O=C(Cc1ccc(F)cc1)N(CCCN1CCOCC1)c1nc2c(Cl)cccc2s1. The van der Waals surface area contributed by atoms with E-state index >= 15 is 0 Å². The number of halogens is 2. The minimum Gasteiger partial charge on any atom is -0.379 e. The maximum absolute atomic E-state index is 13.2. The van der Waals surface area contributed by atoms with Crippen molar-refractivity contribution in [2.75, 3.05) is 44.3 Å². The van der Waals surface area contributed by atoms with Gasteiger partial charge >= 0.3 is 0 Å². The van der Waals surface area contributed by atoms with Crippen molar-refractivity contribution >= 4 is 44.2 Å². The molecule has 0 N–H and O–H groups in total. The van der Waals surface area contributed by atoms with Crippen molar-refractivity contribution in [1.29, 1.82) is 0 Å². The minimum atomic E-state index is -0.311. The number of morpholine rings is 1. The van der Waals surface area contributed by atoms with Crippen LogP contribution in [0.25, 0.3) is 10.2 Å². The van der Waals surface area contributed by atoms with E-state index in [0.29, 0.717) is 22.2 Å². The first kappa shape index (κ1) is 21.2. The molecule has 8 heteroatoms. The first-order valence-corrected chi connectivity index (χ1v) is 11.2. The Labute approximate surface area is 184 Å². The molecule has 158 valence electrons. The average molecular weight is 448 g/mol. The average Bonchev–Trinajstić information content (AvgIpc) is 3.19. The number of ether oxygens (including phenoxy) is 1. The van der Waals surface area contributed by atoms with Gasteiger partial charge in [0.2, 0.25) is 5.91 Å². The van der Waals surface area contributed by atoms with Crippen molar-refractivity contribution in [3.8, 4) is 0 Å².